The highest BCUT2D eigenvalue weighted by Gasteiger charge is 2.47. The summed E-state index contributed by atoms with van der Waals surface area (Å²) in [5.74, 6) is -0.286. The molecule has 114 valence electrons. The SMILES string of the molecule is Nc1nc(N)n(-c2ccc(S(=O)(=O)C(F)(F)F)c(Cl)c2)n1. The van der Waals surface area contributed by atoms with Crippen LogP contribution in [-0.4, -0.2) is 28.7 Å². The number of hydrogen-bond donors (Lipinski definition) is 2. The van der Waals surface area contributed by atoms with Crippen molar-refractivity contribution in [3.05, 3.63) is 23.2 Å². The maximum absolute atomic E-state index is 12.5. The van der Waals surface area contributed by atoms with Gasteiger partial charge >= 0.3 is 5.51 Å². The molecular weight excluding hydrogens is 335 g/mol. The van der Waals surface area contributed by atoms with E-state index in [1.54, 1.807) is 0 Å². The van der Waals surface area contributed by atoms with Crippen molar-refractivity contribution in [2.24, 2.45) is 0 Å². The summed E-state index contributed by atoms with van der Waals surface area (Å²) in [5, 5.41) is 3.06. The quantitative estimate of drug-likeness (QED) is 0.852. The Morgan fingerprint density at radius 3 is 2.29 bits per heavy atom. The van der Waals surface area contributed by atoms with Crippen molar-refractivity contribution in [3.8, 4) is 5.69 Å². The van der Waals surface area contributed by atoms with E-state index in [2.05, 4.69) is 10.1 Å². The lowest BCUT2D eigenvalue weighted by atomic mass is 10.3. The molecule has 1 aromatic heterocycles. The number of benzene rings is 1. The van der Waals surface area contributed by atoms with Gasteiger partial charge in [-0.3, -0.25) is 0 Å². The van der Waals surface area contributed by atoms with Gasteiger partial charge in [0.15, 0.2) is 0 Å². The first kappa shape index (κ1) is 15.4. The molecule has 0 saturated heterocycles. The molecule has 1 aromatic carbocycles. The molecule has 0 unspecified atom stereocenters. The third-order valence-corrected chi connectivity index (χ3v) is 4.37. The molecule has 2 rings (SSSR count). The van der Waals surface area contributed by atoms with E-state index < -0.39 is 25.3 Å². The van der Waals surface area contributed by atoms with Crippen molar-refractivity contribution in [2.45, 2.75) is 10.4 Å². The first-order chi connectivity index (χ1) is 9.54. The van der Waals surface area contributed by atoms with Crippen LogP contribution in [0.25, 0.3) is 5.69 Å². The normalized spacial score (nSPS) is 12.6. The van der Waals surface area contributed by atoms with Crippen LogP contribution in [-0.2, 0) is 9.84 Å². The number of sulfone groups is 1. The van der Waals surface area contributed by atoms with Crippen LogP contribution in [0.5, 0.6) is 0 Å². The van der Waals surface area contributed by atoms with Gasteiger partial charge in [0.05, 0.1) is 15.6 Å². The average Bonchev–Trinajstić information content (AvgIpc) is 2.66. The zero-order chi connectivity index (χ0) is 16.0. The highest BCUT2D eigenvalue weighted by atomic mass is 35.5. The molecule has 0 amide bonds. The Hall–Kier alpha value is -2.01. The molecule has 0 aliphatic heterocycles. The van der Waals surface area contributed by atoms with Crippen LogP contribution >= 0.6 is 11.6 Å². The Labute approximate surface area is 121 Å². The van der Waals surface area contributed by atoms with Crippen molar-refractivity contribution >= 4 is 33.3 Å². The summed E-state index contributed by atoms with van der Waals surface area (Å²) < 4.78 is 61.1. The van der Waals surface area contributed by atoms with E-state index in [1.807, 2.05) is 0 Å². The Morgan fingerprint density at radius 2 is 1.86 bits per heavy atom. The minimum Gasteiger partial charge on any atom is -0.368 e. The van der Waals surface area contributed by atoms with E-state index in [0.717, 1.165) is 16.8 Å². The predicted molar refractivity (Wildman–Crippen MR) is 68.4 cm³/mol. The minimum atomic E-state index is -5.54. The second kappa shape index (κ2) is 4.77. The molecule has 21 heavy (non-hydrogen) atoms. The molecule has 0 aliphatic rings. The van der Waals surface area contributed by atoms with Crippen molar-refractivity contribution in [2.75, 3.05) is 11.5 Å². The minimum absolute atomic E-state index is 0.114. The van der Waals surface area contributed by atoms with Crippen LogP contribution < -0.4 is 11.5 Å². The van der Waals surface area contributed by atoms with E-state index in [9.17, 15) is 21.6 Å². The molecule has 0 radical (unpaired) electrons. The zero-order valence-corrected chi connectivity index (χ0v) is 11.5. The summed E-state index contributed by atoms with van der Waals surface area (Å²) in [5.41, 5.74) is 5.46. The lowest BCUT2D eigenvalue weighted by Crippen LogP contribution is -2.23. The number of anilines is 2. The Kier molecular flexibility index (Phi) is 3.49. The Bertz CT molecular complexity index is 802. The van der Waals surface area contributed by atoms with Gasteiger partial charge < -0.3 is 11.5 Å². The number of alkyl halides is 3. The fourth-order valence-corrected chi connectivity index (χ4v) is 2.79. The number of nitrogens with two attached hydrogens (primary N) is 2. The van der Waals surface area contributed by atoms with E-state index in [1.165, 1.54) is 0 Å². The fourth-order valence-electron chi connectivity index (χ4n) is 1.49. The largest absolute Gasteiger partial charge is 0.501 e. The summed E-state index contributed by atoms with van der Waals surface area (Å²) >= 11 is 5.62. The van der Waals surface area contributed by atoms with Gasteiger partial charge in [0.25, 0.3) is 9.84 Å². The number of aromatic nitrogens is 3. The molecule has 4 N–H and O–H groups in total. The number of nitrogens with zero attached hydrogens (tertiary/aromatic N) is 3. The van der Waals surface area contributed by atoms with E-state index in [4.69, 9.17) is 23.1 Å². The van der Waals surface area contributed by atoms with Crippen LogP contribution in [0.4, 0.5) is 25.1 Å². The summed E-state index contributed by atoms with van der Waals surface area (Å²) in [6, 6.07) is 2.72. The molecule has 1 heterocycles. The maximum Gasteiger partial charge on any atom is 0.501 e. The van der Waals surface area contributed by atoms with Crippen LogP contribution in [0.15, 0.2) is 23.1 Å². The van der Waals surface area contributed by atoms with E-state index in [0.29, 0.717) is 6.07 Å². The Morgan fingerprint density at radius 1 is 1.24 bits per heavy atom. The van der Waals surface area contributed by atoms with Gasteiger partial charge in [-0.05, 0) is 18.2 Å². The van der Waals surface area contributed by atoms with E-state index >= 15 is 0 Å². The molecule has 0 spiro atoms. The number of rotatable bonds is 2. The van der Waals surface area contributed by atoms with Gasteiger partial charge in [-0.25, -0.2) is 8.42 Å². The lowest BCUT2D eigenvalue weighted by Gasteiger charge is -2.11. The van der Waals surface area contributed by atoms with Crippen LogP contribution in [0.3, 0.4) is 0 Å². The highest BCUT2D eigenvalue weighted by Crippen LogP contribution is 2.35. The van der Waals surface area contributed by atoms with E-state index in [-0.39, 0.29) is 17.6 Å². The second-order valence-electron chi connectivity index (χ2n) is 3.80. The van der Waals surface area contributed by atoms with Crippen molar-refractivity contribution < 1.29 is 21.6 Å². The monoisotopic (exact) mass is 341 g/mol. The van der Waals surface area contributed by atoms with Gasteiger partial charge in [0.1, 0.15) is 0 Å². The molecule has 0 fully saturated rings. The lowest BCUT2D eigenvalue weighted by molar-refractivity contribution is -0.0436. The molecular formula is C9H7ClF3N5O2S. The zero-order valence-electron chi connectivity index (χ0n) is 9.96. The van der Waals surface area contributed by atoms with Crippen molar-refractivity contribution in [1.82, 2.24) is 14.8 Å². The summed E-state index contributed by atoms with van der Waals surface area (Å²) in [6.07, 6.45) is 0. The maximum atomic E-state index is 12.5. The van der Waals surface area contributed by atoms with Crippen molar-refractivity contribution in [3.63, 3.8) is 0 Å². The number of nitrogen functional groups attached to an aromatic ring is 2. The topological polar surface area (TPSA) is 117 Å². The molecule has 0 bridgehead atoms. The Balaban J connectivity index is 2.56. The highest BCUT2D eigenvalue weighted by molar-refractivity contribution is 7.92. The first-order valence-electron chi connectivity index (χ1n) is 5.13. The molecule has 2 aromatic rings. The standard InChI is InChI=1S/C9H7ClF3N5O2S/c10-5-3-4(18-8(15)16-7(14)17-18)1-2-6(5)21(19,20)9(11,12)13/h1-3H,(H4,14,15,16,17). The van der Waals surface area contributed by atoms with Gasteiger partial charge in [0.2, 0.25) is 11.9 Å². The number of hydrogen-bond acceptors (Lipinski definition) is 6. The predicted octanol–water partition coefficient (Wildman–Crippen LogP) is 1.38. The third kappa shape index (κ3) is 2.61. The molecule has 0 aliphatic carbocycles. The summed E-state index contributed by atoms with van der Waals surface area (Å²) in [7, 11) is -5.54. The molecule has 0 saturated carbocycles. The van der Waals surface area contributed by atoms with Crippen LogP contribution in [0, 0.1) is 0 Å². The van der Waals surface area contributed by atoms with Crippen LogP contribution in [0.1, 0.15) is 0 Å². The van der Waals surface area contributed by atoms with Gasteiger partial charge in [-0.2, -0.15) is 22.8 Å². The van der Waals surface area contributed by atoms with Crippen LogP contribution in [0.2, 0.25) is 5.02 Å². The summed E-state index contributed by atoms with van der Waals surface area (Å²) in [4.78, 5) is 2.53. The van der Waals surface area contributed by atoms with Gasteiger partial charge in [0, 0.05) is 0 Å². The second-order valence-corrected chi connectivity index (χ2v) is 6.12. The third-order valence-electron chi connectivity index (χ3n) is 2.40. The fraction of sp³-hybridized carbons (Fsp3) is 0.111. The summed E-state index contributed by atoms with van der Waals surface area (Å²) in [6.45, 7) is 0. The molecule has 7 nitrogen and oxygen atoms in total. The van der Waals surface area contributed by atoms with Crippen molar-refractivity contribution in [1.29, 1.82) is 0 Å². The van der Waals surface area contributed by atoms with Gasteiger partial charge in [-0.15, -0.1) is 5.10 Å². The van der Waals surface area contributed by atoms with Gasteiger partial charge in [-0.1, -0.05) is 11.6 Å². The smallest absolute Gasteiger partial charge is 0.368 e. The first-order valence-corrected chi connectivity index (χ1v) is 6.99. The molecule has 0 atom stereocenters. The number of halogens is 4. The molecule has 12 heteroatoms. The average molecular weight is 342 g/mol.